The Hall–Kier alpha value is -0.440. The fourth-order valence-corrected chi connectivity index (χ4v) is 6.99. The summed E-state index contributed by atoms with van der Waals surface area (Å²) in [6.45, 7) is 4.14. The van der Waals surface area contributed by atoms with Gasteiger partial charge in [0.2, 0.25) is 0 Å². The van der Waals surface area contributed by atoms with E-state index in [1.165, 1.54) is 22.7 Å². The zero-order valence-corrected chi connectivity index (χ0v) is 22.9. The van der Waals surface area contributed by atoms with E-state index in [0.29, 0.717) is 31.9 Å². The van der Waals surface area contributed by atoms with Crippen molar-refractivity contribution in [2.45, 2.75) is 39.5 Å². The molecule has 0 saturated carbocycles. The first-order valence-corrected chi connectivity index (χ1v) is 13.5. The summed E-state index contributed by atoms with van der Waals surface area (Å²) in [5.41, 5.74) is 1.03. The molecular formula is C20H14Cl6N4S2. The molecule has 0 aliphatic heterocycles. The highest BCUT2D eigenvalue weighted by molar-refractivity contribution is 7.15. The number of benzene rings is 2. The van der Waals surface area contributed by atoms with Crippen molar-refractivity contribution in [1.29, 1.82) is 0 Å². The minimum Gasteiger partial charge on any atom is -0.143 e. The van der Waals surface area contributed by atoms with Gasteiger partial charge in [-0.15, -0.1) is 20.4 Å². The molecule has 0 radical (unpaired) electrons. The molecular weight excluding hydrogens is 573 g/mol. The number of aryl methyl sites for hydroxylation is 2. The highest BCUT2D eigenvalue weighted by Crippen LogP contribution is 2.55. The Morgan fingerprint density at radius 2 is 0.906 bits per heavy atom. The number of nitrogens with zero attached hydrogens (tertiary/aromatic N) is 4. The van der Waals surface area contributed by atoms with E-state index in [2.05, 4.69) is 34.2 Å². The van der Waals surface area contributed by atoms with E-state index in [1.807, 2.05) is 0 Å². The molecule has 0 aliphatic rings. The molecule has 0 fully saturated rings. The van der Waals surface area contributed by atoms with Gasteiger partial charge in [-0.05, 0) is 12.8 Å². The highest BCUT2D eigenvalue weighted by atomic mass is 35.5. The number of rotatable bonds is 6. The van der Waals surface area contributed by atoms with Crippen LogP contribution in [0.4, 0.5) is 0 Å². The SMILES string of the molecule is CCCc1nnc(-c2c(Cl)c(Cl)c(Cl)c3c(-c4nnc(CCC)s4)c(Cl)c(Cl)c(Cl)c23)s1. The van der Waals surface area contributed by atoms with Crippen LogP contribution in [0, 0.1) is 0 Å². The lowest BCUT2D eigenvalue weighted by Crippen LogP contribution is -1.93. The Labute approximate surface area is 222 Å². The van der Waals surface area contributed by atoms with Gasteiger partial charge in [0.05, 0.1) is 30.1 Å². The van der Waals surface area contributed by atoms with E-state index in [4.69, 9.17) is 69.6 Å². The van der Waals surface area contributed by atoms with Crippen molar-refractivity contribution in [1.82, 2.24) is 20.4 Å². The van der Waals surface area contributed by atoms with E-state index in [9.17, 15) is 0 Å². The van der Waals surface area contributed by atoms with Crippen molar-refractivity contribution in [3.63, 3.8) is 0 Å². The molecule has 0 amide bonds. The average molecular weight is 587 g/mol. The van der Waals surface area contributed by atoms with Crippen LogP contribution in [-0.2, 0) is 12.8 Å². The van der Waals surface area contributed by atoms with Gasteiger partial charge in [-0.2, -0.15) is 0 Å². The third-order valence-electron chi connectivity index (χ3n) is 4.69. The third-order valence-corrected chi connectivity index (χ3v) is 9.34. The number of hydrogen-bond donors (Lipinski definition) is 0. The molecule has 0 aliphatic carbocycles. The number of halogens is 6. The Kier molecular flexibility index (Phi) is 7.75. The third kappa shape index (κ3) is 4.22. The Bertz CT molecular complexity index is 1230. The second kappa shape index (κ2) is 10.0. The molecule has 4 aromatic rings. The van der Waals surface area contributed by atoms with Crippen molar-refractivity contribution in [2.24, 2.45) is 0 Å². The van der Waals surface area contributed by atoms with Crippen molar-refractivity contribution in [3.05, 3.63) is 40.2 Å². The molecule has 0 bridgehead atoms. The molecule has 4 nitrogen and oxygen atoms in total. The molecule has 168 valence electrons. The maximum atomic E-state index is 6.71. The molecule has 0 N–H and O–H groups in total. The minimum atomic E-state index is 0.164. The lowest BCUT2D eigenvalue weighted by atomic mass is 9.99. The molecule has 2 aromatic carbocycles. The summed E-state index contributed by atoms with van der Waals surface area (Å²) in [5, 5.41) is 22.3. The Morgan fingerprint density at radius 3 is 1.25 bits per heavy atom. The van der Waals surface area contributed by atoms with Gasteiger partial charge in [-0.25, -0.2) is 0 Å². The van der Waals surface area contributed by atoms with Crippen LogP contribution < -0.4 is 0 Å². The summed E-state index contributed by atoms with van der Waals surface area (Å²) in [6, 6.07) is 0. The first-order chi connectivity index (χ1) is 15.3. The van der Waals surface area contributed by atoms with E-state index in [0.717, 1.165) is 35.7 Å². The summed E-state index contributed by atoms with van der Waals surface area (Å²) in [4.78, 5) is 0. The average Bonchev–Trinajstić information content (AvgIpc) is 3.42. The van der Waals surface area contributed by atoms with Crippen LogP contribution in [0.1, 0.15) is 36.7 Å². The predicted molar refractivity (Wildman–Crippen MR) is 140 cm³/mol. The van der Waals surface area contributed by atoms with Gasteiger partial charge in [-0.3, -0.25) is 0 Å². The van der Waals surface area contributed by atoms with Gasteiger partial charge in [0.15, 0.2) is 0 Å². The van der Waals surface area contributed by atoms with Gasteiger partial charge in [0, 0.05) is 34.7 Å². The second-order valence-electron chi connectivity index (χ2n) is 6.89. The summed E-state index contributed by atoms with van der Waals surface area (Å²) in [5.74, 6) is 0. The summed E-state index contributed by atoms with van der Waals surface area (Å²) < 4.78 is 0. The normalized spacial score (nSPS) is 11.6. The number of hydrogen-bond acceptors (Lipinski definition) is 6. The fraction of sp³-hybridized carbons (Fsp3) is 0.300. The van der Waals surface area contributed by atoms with Crippen LogP contribution in [0.15, 0.2) is 0 Å². The van der Waals surface area contributed by atoms with Crippen molar-refractivity contribution in [2.75, 3.05) is 0 Å². The van der Waals surface area contributed by atoms with Gasteiger partial charge < -0.3 is 0 Å². The fourth-order valence-electron chi connectivity index (χ4n) is 3.28. The Balaban J connectivity index is 2.13. The van der Waals surface area contributed by atoms with Crippen LogP contribution >= 0.6 is 92.3 Å². The lowest BCUT2D eigenvalue weighted by Gasteiger charge is -2.17. The number of fused-ring (bicyclic) bond motifs is 1. The first-order valence-electron chi connectivity index (χ1n) is 9.62. The largest absolute Gasteiger partial charge is 0.150 e. The van der Waals surface area contributed by atoms with Crippen LogP contribution in [0.25, 0.3) is 31.9 Å². The second-order valence-corrected chi connectivity index (χ2v) is 11.3. The predicted octanol–water partition coefficient (Wildman–Crippen LogP) is 9.70. The van der Waals surface area contributed by atoms with Crippen LogP contribution in [0.3, 0.4) is 0 Å². The maximum Gasteiger partial charge on any atom is 0.150 e. The molecule has 32 heavy (non-hydrogen) atoms. The molecule has 0 unspecified atom stereocenters. The zero-order chi connectivity index (χ0) is 23.2. The molecule has 0 saturated heterocycles. The maximum absolute atomic E-state index is 6.71. The molecule has 4 rings (SSSR count). The highest BCUT2D eigenvalue weighted by Gasteiger charge is 2.29. The standard InChI is InChI=1S/C20H14Cl6N4S2/c1-3-5-7-27-29-19(31-7)11-9-10(14(22)17(25)15(11)23)12(16(24)18(26)13(9)21)20-30-28-8(32-20)6-4-2/h3-6H2,1-2H3. The molecule has 2 heterocycles. The Morgan fingerprint density at radius 1 is 0.531 bits per heavy atom. The molecule has 0 spiro atoms. The van der Waals surface area contributed by atoms with Crippen LogP contribution in [0.5, 0.6) is 0 Å². The first kappa shape index (κ1) is 24.7. The van der Waals surface area contributed by atoms with Gasteiger partial charge in [-0.1, -0.05) is 106 Å². The van der Waals surface area contributed by atoms with Gasteiger partial charge in [0.1, 0.15) is 20.0 Å². The van der Waals surface area contributed by atoms with Gasteiger partial charge >= 0.3 is 0 Å². The smallest absolute Gasteiger partial charge is 0.143 e. The molecule has 0 atom stereocenters. The van der Waals surface area contributed by atoms with Crippen LogP contribution in [-0.4, -0.2) is 20.4 Å². The van der Waals surface area contributed by atoms with E-state index >= 15 is 0 Å². The molecule has 2 aromatic heterocycles. The van der Waals surface area contributed by atoms with Crippen LogP contribution in [0.2, 0.25) is 30.1 Å². The summed E-state index contributed by atoms with van der Waals surface area (Å²) in [6.07, 6.45) is 3.47. The van der Waals surface area contributed by atoms with Crippen molar-refractivity contribution in [3.8, 4) is 21.1 Å². The van der Waals surface area contributed by atoms with E-state index < -0.39 is 0 Å². The molecule has 12 heteroatoms. The quantitative estimate of drug-likeness (QED) is 0.211. The number of aromatic nitrogens is 4. The van der Waals surface area contributed by atoms with Crippen molar-refractivity contribution < 1.29 is 0 Å². The summed E-state index contributed by atoms with van der Waals surface area (Å²) >= 11 is 42.8. The monoisotopic (exact) mass is 584 g/mol. The van der Waals surface area contributed by atoms with Gasteiger partial charge in [0.25, 0.3) is 0 Å². The lowest BCUT2D eigenvalue weighted by molar-refractivity contribution is 0.879. The topological polar surface area (TPSA) is 51.6 Å². The van der Waals surface area contributed by atoms with E-state index in [-0.39, 0.29) is 30.1 Å². The minimum absolute atomic E-state index is 0.164. The van der Waals surface area contributed by atoms with Crippen molar-refractivity contribution >= 4 is 103 Å². The van der Waals surface area contributed by atoms with E-state index in [1.54, 1.807) is 0 Å². The summed E-state index contributed by atoms with van der Waals surface area (Å²) in [7, 11) is 0. The zero-order valence-electron chi connectivity index (χ0n) is 16.7.